The van der Waals surface area contributed by atoms with Crippen LogP contribution in [0, 0.1) is 13.8 Å². The molecule has 0 saturated carbocycles. The summed E-state index contributed by atoms with van der Waals surface area (Å²) in [5, 5.41) is 7.49. The lowest BCUT2D eigenvalue weighted by Crippen LogP contribution is -2.52. The molecule has 7 heteroatoms. The molecule has 0 bridgehead atoms. The van der Waals surface area contributed by atoms with Gasteiger partial charge in [-0.2, -0.15) is 0 Å². The maximum atomic E-state index is 5.23. The molecule has 142 valence electrons. The van der Waals surface area contributed by atoms with E-state index in [-0.39, 0.29) is 24.0 Å². The maximum absolute atomic E-state index is 5.23. The zero-order valence-electron chi connectivity index (χ0n) is 15.7. The topological polar surface area (TPSA) is 56.9 Å². The Kier molecular flexibility index (Phi) is 7.74. The van der Waals surface area contributed by atoms with E-state index in [0.717, 1.165) is 56.6 Å². The molecule has 1 saturated heterocycles. The average Bonchev–Trinajstić information content (AvgIpc) is 2.98. The van der Waals surface area contributed by atoms with Gasteiger partial charge >= 0.3 is 0 Å². The van der Waals surface area contributed by atoms with Gasteiger partial charge in [-0.05, 0) is 32.4 Å². The van der Waals surface area contributed by atoms with Crippen LogP contribution in [0.25, 0.3) is 0 Å². The van der Waals surface area contributed by atoms with E-state index >= 15 is 0 Å². The van der Waals surface area contributed by atoms with E-state index in [1.807, 2.05) is 20.9 Å². The number of hydrogen-bond acceptors (Lipinski definition) is 4. The number of piperazine rings is 1. The van der Waals surface area contributed by atoms with E-state index in [4.69, 9.17) is 4.52 Å². The summed E-state index contributed by atoms with van der Waals surface area (Å²) in [6.07, 6.45) is 0.893. The second-order valence-corrected chi connectivity index (χ2v) is 6.34. The first-order valence-electron chi connectivity index (χ1n) is 8.86. The van der Waals surface area contributed by atoms with Gasteiger partial charge in [0.25, 0.3) is 0 Å². The quantitative estimate of drug-likeness (QED) is 0.424. The van der Waals surface area contributed by atoms with Gasteiger partial charge in [0, 0.05) is 51.0 Å². The number of anilines is 1. The second kappa shape index (κ2) is 9.80. The first-order valence-corrected chi connectivity index (χ1v) is 8.86. The largest absolute Gasteiger partial charge is 0.368 e. The molecule has 2 aromatic rings. The molecule has 6 nitrogen and oxygen atoms in total. The van der Waals surface area contributed by atoms with Gasteiger partial charge in [-0.1, -0.05) is 23.4 Å². The molecular weight excluding hydrogens is 441 g/mol. The molecule has 1 fully saturated rings. The van der Waals surface area contributed by atoms with Crippen molar-refractivity contribution in [2.24, 2.45) is 4.99 Å². The third-order valence-corrected chi connectivity index (χ3v) is 4.75. The van der Waals surface area contributed by atoms with E-state index in [2.05, 4.69) is 55.6 Å². The highest BCUT2D eigenvalue weighted by molar-refractivity contribution is 14.0. The molecule has 0 radical (unpaired) electrons. The maximum Gasteiger partial charge on any atom is 0.193 e. The molecule has 1 aliphatic rings. The highest BCUT2D eigenvalue weighted by Crippen LogP contribution is 2.16. The Hall–Kier alpha value is -1.77. The first kappa shape index (κ1) is 20.5. The number of para-hydroxylation sites is 1. The van der Waals surface area contributed by atoms with Crippen LogP contribution >= 0.6 is 24.0 Å². The fourth-order valence-corrected chi connectivity index (χ4v) is 3.31. The van der Waals surface area contributed by atoms with Crippen molar-refractivity contribution in [2.45, 2.75) is 20.3 Å². The molecule has 0 aliphatic carbocycles. The van der Waals surface area contributed by atoms with Crippen LogP contribution in [-0.4, -0.2) is 55.8 Å². The van der Waals surface area contributed by atoms with Crippen LogP contribution in [0.5, 0.6) is 0 Å². The van der Waals surface area contributed by atoms with Crippen LogP contribution < -0.4 is 10.2 Å². The van der Waals surface area contributed by atoms with Gasteiger partial charge in [-0.25, -0.2) is 0 Å². The predicted molar refractivity (Wildman–Crippen MR) is 117 cm³/mol. The molecule has 1 aliphatic heterocycles. The Morgan fingerprint density at radius 2 is 1.85 bits per heavy atom. The molecule has 2 heterocycles. The second-order valence-electron chi connectivity index (χ2n) is 6.34. The molecule has 0 atom stereocenters. The number of aryl methyl sites for hydroxylation is 2. The number of aliphatic imine (C=N–C) groups is 1. The van der Waals surface area contributed by atoms with Crippen molar-refractivity contribution in [2.75, 3.05) is 44.7 Å². The molecule has 0 unspecified atom stereocenters. The van der Waals surface area contributed by atoms with Crippen molar-refractivity contribution in [3.05, 3.63) is 47.3 Å². The normalized spacial score (nSPS) is 15.0. The van der Waals surface area contributed by atoms with Crippen LogP contribution in [-0.2, 0) is 6.42 Å². The molecule has 0 amide bonds. The lowest BCUT2D eigenvalue weighted by Gasteiger charge is -2.37. The summed E-state index contributed by atoms with van der Waals surface area (Å²) < 4.78 is 5.23. The number of nitrogens with one attached hydrogen (secondary N) is 1. The van der Waals surface area contributed by atoms with Gasteiger partial charge in [-0.15, -0.1) is 24.0 Å². The summed E-state index contributed by atoms with van der Waals surface area (Å²) in [6.45, 7) is 8.74. The van der Waals surface area contributed by atoms with Gasteiger partial charge in [-0.3, -0.25) is 4.99 Å². The van der Waals surface area contributed by atoms with Crippen molar-refractivity contribution in [3.8, 4) is 0 Å². The van der Waals surface area contributed by atoms with Crippen molar-refractivity contribution < 1.29 is 4.52 Å². The Bertz CT molecular complexity index is 688. The fraction of sp³-hybridized carbons (Fsp3) is 0.474. The molecule has 1 aromatic heterocycles. The average molecular weight is 469 g/mol. The van der Waals surface area contributed by atoms with Crippen molar-refractivity contribution in [3.63, 3.8) is 0 Å². The SMILES string of the molecule is CN=C(NCCc1c(C)noc1C)N1CCN(c2ccccc2)CC1.I. The number of nitrogens with zero attached hydrogens (tertiary/aromatic N) is 4. The number of rotatable bonds is 4. The summed E-state index contributed by atoms with van der Waals surface area (Å²) >= 11 is 0. The van der Waals surface area contributed by atoms with Gasteiger partial charge in [0.1, 0.15) is 5.76 Å². The Morgan fingerprint density at radius 1 is 1.15 bits per heavy atom. The van der Waals surface area contributed by atoms with Crippen LogP contribution in [0.15, 0.2) is 39.8 Å². The van der Waals surface area contributed by atoms with Crippen LogP contribution in [0.4, 0.5) is 5.69 Å². The van der Waals surface area contributed by atoms with E-state index in [0.29, 0.717) is 0 Å². The van der Waals surface area contributed by atoms with Gasteiger partial charge in [0.05, 0.1) is 5.69 Å². The van der Waals surface area contributed by atoms with Crippen LogP contribution in [0.1, 0.15) is 17.0 Å². The molecular formula is C19H28IN5O. The van der Waals surface area contributed by atoms with Gasteiger partial charge in [0.2, 0.25) is 0 Å². The summed E-state index contributed by atoms with van der Waals surface area (Å²) in [6, 6.07) is 10.6. The third-order valence-electron chi connectivity index (χ3n) is 4.75. The smallest absolute Gasteiger partial charge is 0.193 e. The summed E-state index contributed by atoms with van der Waals surface area (Å²) in [5.74, 6) is 1.88. The lowest BCUT2D eigenvalue weighted by atomic mass is 10.1. The molecule has 3 rings (SSSR count). The zero-order chi connectivity index (χ0) is 17.6. The Balaban J connectivity index is 0.00000243. The van der Waals surface area contributed by atoms with Crippen LogP contribution in [0.2, 0.25) is 0 Å². The Morgan fingerprint density at radius 3 is 2.42 bits per heavy atom. The van der Waals surface area contributed by atoms with Crippen molar-refractivity contribution in [1.82, 2.24) is 15.4 Å². The number of guanidine groups is 1. The molecule has 0 spiro atoms. The lowest BCUT2D eigenvalue weighted by molar-refractivity contribution is 0.373. The van der Waals surface area contributed by atoms with E-state index < -0.39 is 0 Å². The summed E-state index contributed by atoms with van der Waals surface area (Å²) in [5.41, 5.74) is 3.46. The molecule has 1 aromatic carbocycles. The van der Waals surface area contributed by atoms with Crippen molar-refractivity contribution in [1.29, 1.82) is 0 Å². The van der Waals surface area contributed by atoms with Gasteiger partial charge in [0.15, 0.2) is 5.96 Å². The minimum absolute atomic E-state index is 0. The van der Waals surface area contributed by atoms with Gasteiger partial charge < -0.3 is 19.6 Å². The number of hydrogen-bond donors (Lipinski definition) is 1. The van der Waals surface area contributed by atoms with E-state index in [1.54, 1.807) is 0 Å². The predicted octanol–water partition coefficient (Wildman–Crippen LogP) is 2.85. The monoisotopic (exact) mass is 469 g/mol. The number of benzene rings is 1. The highest BCUT2D eigenvalue weighted by Gasteiger charge is 2.19. The summed E-state index contributed by atoms with van der Waals surface area (Å²) in [7, 11) is 1.85. The minimum atomic E-state index is 0. The first-order chi connectivity index (χ1) is 12.2. The standard InChI is InChI=1S/C19H27N5O.HI/c1-15-18(16(2)25-22-15)9-10-21-19(20-3)24-13-11-23(12-14-24)17-7-5-4-6-8-17;/h4-8H,9-14H2,1-3H3,(H,20,21);1H. The van der Waals surface area contributed by atoms with Crippen molar-refractivity contribution >= 4 is 35.6 Å². The van der Waals surface area contributed by atoms with E-state index in [9.17, 15) is 0 Å². The zero-order valence-corrected chi connectivity index (χ0v) is 18.1. The summed E-state index contributed by atoms with van der Waals surface area (Å²) in [4.78, 5) is 9.20. The number of aromatic nitrogens is 1. The minimum Gasteiger partial charge on any atom is -0.368 e. The number of halogens is 1. The third kappa shape index (κ3) is 4.90. The van der Waals surface area contributed by atoms with Crippen LogP contribution in [0.3, 0.4) is 0 Å². The van der Waals surface area contributed by atoms with E-state index in [1.165, 1.54) is 11.3 Å². The molecule has 1 N–H and O–H groups in total. The fourth-order valence-electron chi connectivity index (χ4n) is 3.31. The highest BCUT2D eigenvalue weighted by atomic mass is 127. The Labute approximate surface area is 172 Å². The molecule has 26 heavy (non-hydrogen) atoms.